The molecular formula is C15H19NO. The molecule has 0 N–H and O–H groups in total. The lowest BCUT2D eigenvalue weighted by atomic mass is 10.1. The third-order valence-corrected chi connectivity index (χ3v) is 4.21. The summed E-state index contributed by atoms with van der Waals surface area (Å²) < 4.78 is 0. The van der Waals surface area contributed by atoms with E-state index in [1.54, 1.807) is 0 Å². The van der Waals surface area contributed by atoms with Crippen molar-refractivity contribution in [2.24, 2.45) is 11.8 Å². The van der Waals surface area contributed by atoms with Gasteiger partial charge >= 0.3 is 0 Å². The monoisotopic (exact) mass is 229 g/mol. The van der Waals surface area contributed by atoms with Crippen LogP contribution in [0.1, 0.15) is 28.8 Å². The van der Waals surface area contributed by atoms with Crippen LogP contribution in [0.2, 0.25) is 0 Å². The quantitative estimate of drug-likeness (QED) is 0.739. The van der Waals surface area contributed by atoms with E-state index in [0.717, 1.165) is 30.1 Å². The molecule has 17 heavy (non-hydrogen) atoms. The molecule has 2 nitrogen and oxygen atoms in total. The first-order chi connectivity index (χ1) is 8.35. The van der Waals surface area contributed by atoms with Crippen molar-refractivity contribution in [2.75, 3.05) is 19.6 Å². The fourth-order valence-electron chi connectivity index (χ4n) is 2.91. The Bertz CT molecular complexity index is 398. The second-order valence-electron chi connectivity index (χ2n) is 5.45. The van der Waals surface area contributed by atoms with Gasteiger partial charge in [0.1, 0.15) is 6.29 Å². The summed E-state index contributed by atoms with van der Waals surface area (Å²) in [6.07, 6.45) is 4.90. The van der Waals surface area contributed by atoms with E-state index in [0.29, 0.717) is 0 Å². The standard InChI is InChI=1S/C15H19NO/c17-11-13-3-1-12(2-4-13)5-7-16-8-6-14-9-15(14)10-16/h1-4,11,14-15H,5-10H2. The Balaban J connectivity index is 1.50. The molecule has 2 unspecified atom stereocenters. The van der Waals surface area contributed by atoms with Gasteiger partial charge in [0.2, 0.25) is 0 Å². The molecule has 1 saturated heterocycles. The second-order valence-corrected chi connectivity index (χ2v) is 5.45. The van der Waals surface area contributed by atoms with E-state index < -0.39 is 0 Å². The maximum Gasteiger partial charge on any atom is 0.150 e. The molecule has 0 amide bonds. The number of carbonyl (C=O) groups is 1. The molecule has 0 aromatic heterocycles. The van der Waals surface area contributed by atoms with Crippen molar-refractivity contribution in [3.63, 3.8) is 0 Å². The normalized spacial score (nSPS) is 27.5. The molecule has 1 aromatic carbocycles. The number of hydrogen-bond donors (Lipinski definition) is 0. The number of fused-ring (bicyclic) bond motifs is 1. The van der Waals surface area contributed by atoms with E-state index in [2.05, 4.69) is 17.0 Å². The summed E-state index contributed by atoms with van der Waals surface area (Å²) in [6.45, 7) is 3.77. The van der Waals surface area contributed by atoms with Crippen LogP contribution in [0.4, 0.5) is 0 Å². The Morgan fingerprint density at radius 3 is 2.76 bits per heavy atom. The van der Waals surface area contributed by atoms with Gasteiger partial charge in [-0.2, -0.15) is 0 Å². The molecule has 3 rings (SSSR count). The van der Waals surface area contributed by atoms with Crippen LogP contribution >= 0.6 is 0 Å². The first-order valence-corrected chi connectivity index (χ1v) is 6.61. The minimum atomic E-state index is 0.771. The maximum absolute atomic E-state index is 10.6. The molecule has 1 aromatic rings. The number of piperidine rings is 1. The second kappa shape index (κ2) is 4.61. The molecule has 0 radical (unpaired) electrons. The van der Waals surface area contributed by atoms with Gasteiger partial charge < -0.3 is 4.90 Å². The lowest BCUT2D eigenvalue weighted by molar-refractivity contribution is 0.112. The van der Waals surface area contributed by atoms with Crippen LogP contribution in [0.3, 0.4) is 0 Å². The van der Waals surface area contributed by atoms with Gasteiger partial charge in [0.25, 0.3) is 0 Å². The Kier molecular flexibility index (Phi) is 2.98. The van der Waals surface area contributed by atoms with Crippen molar-refractivity contribution in [3.05, 3.63) is 35.4 Å². The number of likely N-dealkylation sites (tertiary alicyclic amines) is 1. The van der Waals surface area contributed by atoms with Crippen molar-refractivity contribution >= 4 is 6.29 Å². The molecule has 1 aliphatic heterocycles. The Hall–Kier alpha value is -1.15. The summed E-state index contributed by atoms with van der Waals surface area (Å²) in [5.41, 5.74) is 2.11. The van der Waals surface area contributed by atoms with Crippen LogP contribution < -0.4 is 0 Å². The van der Waals surface area contributed by atoms with Crippen molar-refractivity contribution in [1.82, 2.24) is 4.90 Å². The zero-order chi connectivity index (χ0) is 11.7. The van der Waals surface area contributed by atoms with E-state index in [9.17, 15) is 4.79 Å². The van der Waals surface area contributed by atoms with Crippen molar-refractivity contribution in [3.8, 4) is 0 Å². The molecule has 1 heterocycles. The minimum Gasteiger partial charge on any atom is -0.303 e. The van der Waals surface area contributed by atoms with Gasteiger partial charge in [0, 0.05) is 18.7 Å². The smallest absolute Gasteiger partial charge is 0.150 e. The summed E-state index contributed by atoms with van der Waals surface area (Å²) in [4.78, 5) is 13.2. The highest BCUT2D eigenvalue weighted by molar-refractivity contribution is 5.74. The molecule has 0 spiro atoms. The van der Waals surface area contributed by atoms with Crippen molar-refractivity contribution < 1.29 is 4.79 Å². The zero-order valence-corrected chi connectivity index (χ0v) is 10.1. The summed E-state index contributed by atoms with van der Waals surface area (Å²) in [7, 11) is 0. The van der Waals surface area contributed by atoms with Gasteiger partial charge in [-0.25, -0.2) is 0 Å². The summed E-state index contributed by atoms with van der Waals surface area (Å²) in [6, 6.07) is 7.98. The van der Waals surface area contributed by atoms with Crippen molar-refractivity contribution in [2.45, 2.75) is 19.3 Å². The summed E-state index contributed by atoms with van der Waals surface area (Å²) in [5, 5.41) is 0. The van der Waals surface area contributed by atoms with E-state index in [-0.39, 0.29) is 0 Å². The predicted molar refractivity (Wildman–Crippen MR) is 68.2 cm³/mol. The van der Waals surface area contributed by atoms with E-state index in [1.165, 1.54) is 38.0 Å². The number of nitrogens with zero attached hydrogens (tertiary/aromatic N) is 1. The fourth-order valence-corrected chi connectivity index (χ4v) is 2.91. The van der Waals surface area contributed by atoms with Crippen molar-refractivity contribution in [1.29, 1.82) is 0 Å². The number of hydrogen-bond acceptors (Lipinski definition) is 2. The average Bonchev–Trinajstić information content (AvgIpc) is 3.15. The molecule has 0 bridgehead atoms. The molecule has 90 valence electrons. The van der Waals surface area contributed by atoms with Gasteiger partial charge in [-0.3, -0.25) is 4.79 Å². The topological polar surface area (TPSA) is 20.3 Å². The molecular weight excluding hydrogens is 210 g/mol. The largest absolute Gasteiger partial charge is 0.303 e. The van der Waals surface area contributed by atoms with E-state index in [1.807, 2.05) is 12.1 Å². The number of benzene rings is 1. The molecule has 2 atom stereocenters. The van der Waals surface area contributed by atoms with Gasteiger partial charge in [0.05, 0.1) is 0 Å². The van der Waals surface area contributed by atoms with Crippen LogP contribution in [-0.2, 0) is 6.42 Å². The molecule has 2 fully saturated rings. The Labute approximate surface area is 103 Å². The van der Waals surface area contributed by atoms with Gasteiger partial charge in [-0.1, -0.05) is 24.3 Å². The number of carbonyl (C=O) groups excluding carboxylic acids is 1. The van der Waals surface area contributed by atoms with Crippen LogP contribution in [-0.4, -0.2) is 30.8 Å². The van der Waals surface area contributed by atoms with Crippen LogP contribution in [0, 0.1) is 11.8 Å². The highest BCUT2D eigenvalue weighted by Gasteiger charge is 2.40. The first-order valence-electron chi connectivity index (χ1n) is 6.61. The highest BCUT2D eigenvalue weighted by atomic mass is 16.1. The summed E-state index contributed by atoms with van der Waals surface area (Å²) in [5.74, 6) is 2.08. The number of aldehydes is 1. The molecule has 2 aliphatic rings. The Morgan fingerprint density at radius 1 is 1.24 bits per heavy atom. The lowest BCUT2D eigenvalue weighted by Gasteiger charge is -2.26. The van der Waals surface area contributed by atoms with Crippen LogP contribution in [0.5, 0.6) is 0 Å². The molecule has 1 aliphatic carbocycles. The third kappa shape index (κ3) is 2.58. The van der Waals surface area contributed by atoms with Gasteiger partial charge in [-0.05, 0) is 43.2 Å². The predicted octanol–water partition coefficient (Wildman–Crippen LogP) is 2.38. The minimum absolute atomic E-state index is 0.771. The SMILES string of the molecule is O=Cc1ccc(CCN2CCC3CC3C2)cc1. The van der Waals surface area contributed by atoms with E-state index in [4.69, 9.17) is 0 Å². The average molecular weight is 229 g/mol. The van der Waals surface area contributed by atoms with Crippen LogP contribution in [0.25, 0.3) is 0 Å². The van der Waals surface area contributed by atoms with Gasteiger partial charge in [0.15, 0.2) is 0 Å². The molecule has 1 saturated carbocycles. The van der Waals surface area contributed by atoms with Crippen LogP contribution in [0.15, 0.2) is 24.3 Å². The lowest BCUT2D eigenvalue weighted by Crippen LogP contribution is -2.33. The highest BCUT2D eigenvalue weighted by Crippen LogP contribution is 2.44. The number of rotatable bonds is 4. The van der Waals surface area contributed by atoms with E-state index >= 15 is 0 Å². The van der Waals surface area contributed by atoms with Gasteiger partial charge in [-0.15, -0.1) is 0 Å². The third-order valence-electron chi connectivity index (χ3n) is 4.21. The fraction of sp³-hybridized carbons (Fsp3) is 0.533. The zero-order valence-electron chi connectivity index (χ0n) is 10.1. The Morgan fingerprint density at radius 2 is 2.06 bits per heavy atom. The maximum atomic E-state index is 10.6. The first kappa shape index (κ1) is 11.0. The molecule has 2 heteroatoms. The summed E-state index contributed by atoms with van der Waals surface area (Å²) >= 11 is 0.